The molecule has 8 nitrogen and oxygen atoms in total. The Labute approximate surface area is 517 Å². The lowest BCUT2D eigenvalue weighted by Crippen LogP contribution is -2.45. The lowest BCUT2D eigenvalue weighted by molar-refractivity contribution is 0.444. The molecular formula is C80H57N5O3S. The molecule has 7 heterocycles. The van der Waals surface area contributed by atoms with Gasteiger partial charge in [0.25, 0.3) is 0 Å². The lowest BCUT2D eigenvalue weighted by atomic mass is 9.61. The molecule has 0 saturated heterocycles. The van der Waals surface area contributed by atoms with Crippen LogP contribution >= 0.6 is 11.3 Å². The average molecular weight is 1170 g/mol. The normalized spacial score (nSPS) is 15.6. The van der Waals surface area contributed by atoms with Crippen molar-refractivity contribution in [2.75, 3.05) is 0 Å². The van der Waals surface area contributed by atoms with Crippen LogP contribution < -0.4 is 10.4 Å². The fourth-order valence-corrected chi connectivity index (χ4v) is 16.0. The van der Waals surface area contributed by atoms with Crippen LogP contribution in [0.1, 0.15) is 51.8 Å². The van der Waals surface area contributed by atoms with Gasteiger partial charge >= 0.3 is 0 Å². The second-order valence-corrected chi connectivity index (χ2v) is 25.1. The largest absolute Gasteiger partial charge is 0.456 e. The summed E-state index contributed by atoms with van der Waals surface area (Å²) in [5.74, 6) is 3.35. The number of thiophene rings is 1. The van der Waals surface area contributed by atoms with Crippen LogP contribution in [0.2, 0.25) is 0 Å². The molecule has 2 aliphatic rings. The van der Waals surface area contributed by atoms with Crippen LogP contribution in [0.3, 0.4) is 0 Å². The summed E-state index contributed by atoms with van der Waals surface area (Å²) in [6.45, 7) is 15.6. The molecule has 9 heteroatoms. The highest BCUT2D eigenvalue weighted by Gasteiger charge is 2.45. The molecule has 15 aromatic rings. The number of para-hydroxylation sites is 3. The van der Waals surface area contributed by atoms with E-state index >= 15 is 0 Å². The van der Waals surface area contributed by atoms with E-state index in [-0.39, 0.29) is 5.92 Å². The third-order valence-corrected chi connectivity index (χ3v) is 20.7. The van der Waals surface area contributed by atoms with Crippen molar-refractivity contribution in [1.29, 1.82) is 0 Å². The second kappa shape index (κ2) is 20.0. The first-order valence-electron chi connectivity index (χ1n) is 30.3. The lowest BCUT2D eigenvalue weighted by Gasteiger charge is -2.41. The van der Waals surface area contributed by atoms with Crippen molar-refractivity contribution in [2.45, 2.75) is 48.5 Å². The number of furan rings is 3. The van der Waals surface area contributed by atoms with E-state index in [2.05, 4.69) is 222 Å². The van der Waals surface area contributed by atoms with E-state index in [0.29, 0.717) is 0 Å². The Morgan fingerprint density at radius 3 is 1.57 bits per heavy atom. The van der Waals surface area contributed by atoms with E-state index in [0.717, 1.165) is 156 Å². The molecule has 2 unspecified atom stereocenters. The Morgan fingerprint density at radius 2 is 0.888 bits per heavy atom. The van der Waals surface area contributed by atoms with Gasteiger partial charge < -0.3 is 13.3 Å². The maximum absolute atomic E-state index is 7.50. The topological polar surface area (TPSA) is 104 Å². The standard InChI is InChI=1S/C80H57N5O3S/c1-43-45(3)74(86-73(43)63-34-19-31-58-57-30-18-29-56(78(57)89-79(58)63)50-26-17-28-52(48(50)6)70-60-24-11-13-37-66(60)83-42-85-70)67-53-21-8-9-22-54(53)68(80(7)39-15-14-35-64(67)80)75-46(4)44(2)72(87-75)62-33-20-32-61-71-77(88-76(61)62)55(38-40-81-71)49-25-16-27-51(47(49)5)69-59-23-10-12-36-65(59)82-41-84-69/h8-42,64H,1-7H3. The number of allylic oxidation sites excluding steroid dienone is 4. The number of pyridine rings is 1. The van der Waals surface area contributed by atoms with Gasteiger partial charge in [-0.2, -0.15) is 0 Å². The maximum Gasteiger partial charge on any atom is 0.161 e. The third-order valence-electron chi connectivity index (χ3n) is 19.4. The predicted octanol–water partition coefficient (Wildman–Crippen LogP) is 19.4. The van der Waals surface area contributed by atoms with Crippen LogP contribution in [0, 0.1) is 52.9 Å². The molecule has 2 aliphatic carbocycles. The number of fused-ring (bicyclic) bond motifs is 10. The molecule has 17 rings (SSSR count). The van der Waals surface area contributed by atoms with Gasteiger partial charge in [-0.1, -0.05) is 165 Å². The molecule has 0 saturated carbocycles. The zero-order chi connectivity index (χ0) is 60.0. The molecule has 0 spiro atoms. The molecule has 0 aliphatic heterocycles. The van der Waals surface area contributed by atoms with E-state index in [9.17, 15) is 0 Å². The molecule has 0 N–H and O–H groups in total. The molecule has 0 radical (unpaired) electrons. The van der Waals surface area contributed by atoms with Gasteiger partial charge in [0, 0.05) is 87.3 Å². The SMILES string of the molecule is Cc1c(-c2ncnc3ccccc23)cccc1-c1ccnc2c1oc1c(-c3oc(C4=c5ccccc5=C(c5oc(-c6cccc7c6sc6c(-c8cccc(-c9ncnc%10ccccc9%10)c8C)cccc67)c(C)c5C)C5C=CC=CC45C)c(C)c3C)cccc12. The zero-order valence-electron chi connectivity index (χ0n) is 50.2. The molecule has 0 fully saturated rings. The summed E-state index contributed by atoms with van der Waals surface area (Å²) >= 11 is 1.85. The van der Waals surface area contributed by atoms with Crippen LogP contribution in [-0.2, 0) is 0 Å². The number of hydrogen-bond donors (Lipinski definition) is 0. The Balaban J connectivity index is 0.796. The molecule has 0 amide bonds. The van der Waals surface area contributed by atoms with Gasteiger partial charge in [-0.25, -0.2) is 19.9 Å². The molecule has 2 atom stereocenters. The summed E-state index contributed by atoms with van der Waals surface area (Å²) in [7, 11) is 0. The first kappa shape index (κ1) is 52.7. The van der Waals surface area contributed by atoms with Crippen molar-refractivity contribution in [3.63, 3.8) is 0 Å². The first-order chi connectivity index (χ1) is 43.6. The number of rotatable bonds is 8. The summed E-state index contributed by atoms with van der Waals surface area (Å²) in [6.07, 6.45) is 14.3. The third kappa shape index (κ3) is 7.74. The summed E-state index contributed by atoms with van der Waals surface area (Å²) < 4.78 is 24.5. The van der Waals surface area contributed by atoms with Crippen molar-refractivity contribution >= 4 is 86.5 Å². The fourth-order valence-electron chi connectivity index (χ4n) is 14.7. The van der Waals surface area contributed by atoms with Crippen LogP contribution in [0.25, 0.3) is 143 Å². The van der Waals surface area contributed by atoms with E-state index in [1.807, 2.05) is 47.9 Å². The number of hydrogen-bond acceptors (Lipinski definition) is 9. The smallest absolute Gasteiger partial charge is 0.161 e. The van der Waals surface area contributed by atoms with Crippen molar-refractivity contribution in [1.82, 2.24) is 24.9 Å². The maximum atomic E-state index is 7.50. The van der Waals surface area contributed by atoms with Gasteiger partial charge in [0.2, 0.25) is 0 Å². The van der Waals surface area contributed by atoms with Gasteiger partial charge in [0.05, 0.1) is 28.0 Å². The zero-order valence-corrected chi connectivity index (χ0v) is 51.0. The van der Waals surface area contributed by atoms with E-state index < -0.39 is 5.41 Å². The number of nitrogens with zero attached hydrogens (tertiary/aromatic N) is 5. The van der Waals surface area contributed by atoms with Crippen molar-refractivity contribution < 1.29 is 13.3 Å². The van der Waals surface area contributed by atoms with Crippen LogP contribution in [0.5, 0.6) is 0 Å². The Morgan fingerprint density at radius 1 is 0.382 bits per heavy atom. The fraction of sp³-hybridized carbons (Fsp3) is 0.113. The Bertz CT molecular complexity index is 5740. The van der Waals surface area contributed by atoms with Gasteiger partial charge in [0.1, 0.15) is 46.8 Å². The average Bonchev–Trinajstić information content (AvgIpc) is 1.75. The summed E-state index contributed by atoms with van der Waals surface area (Å²) in [4.78, 5) is 23.7. The minimum atomic E-state index is -0.537. The van der Waals surface area contributed by atoms with Gasteiger partial charge in [-0.05, 0) is 138 Å². The van der Waals surface area contributed by atoms with Gasteiger partial charge in [-0.15, -0.1) is 11.3 Å². The summed E-state index contributed by atoms with van der Waals surface area (Å²) in [6, 6.07) is 60.0. The van der Waals surface area contributed by atoms with Crippen molar-refractivity contribution in [2.24, 2.45) is 11.3 Å². The highest BCUT2D eigenvalue weighted by molar-refractivity contribution is 7.26. The van der Waals surface area contributed by atoms with Crippen molar-refractivity contribution in [3.8, 4) is 67.4 Å². The molecule has 7 aromatic heterocycles. The highest BCUT2D eigenvalue weighted by Crippen LogP contribution is 2.54. The van der Waals surface area contributed by atoms with Gasteiger partial charge in [-0.3, -0.25) is 4.98 Å². The summed E-state index contributed by atoms with van der Waals surface area (Å²) in [5, 5.41) is 7.66. The quantitative estimate of drug-likeness (QED) is 0.148. The first-order valence-corrected chi connectivity index (χ1v) is 31.1. The molecule has 426 valence electrons. The van der Waals surface area contributed by atoms with E-state index in [1.54, 1.807) is 12.7 Å². The number of benzene rings is 8. The Hall–Kier alpha value is -10.6. The van der Waals surface area contributed by atoms with Crippen LogP contribution in [0.4, 0.5) is 0 Å². The summed E-state index contributed by atoms with van der Waals surface area (Å²) in [5.41, 5.74) is 22.9. The molecule has 0 bridgehead atoms. The second-order valence-electron chi connectivity index (χ2n) is 24.1. The van der Waals surface area contributed by atoms with Crippen LogP contribution in [-0.4, -0.2) is 24.9 Å². The molecule has 8 aromatic carbocycles. The molecular weight excluding hydrogens is 1110 g/mol. The van der Waals surface area contributed by atoms with Crippen molar-refractivity contribution in [3.05, 3.63) is 268 Å². The van der Waals surface area contributed by atoms with Crippen LogP contribution in [0.15, 0.2) is 226 Å². The Kier molecular flexibility index (Phi) is 11.8. The van der Waals surface area contributed by atoms with Gasteiger partial charge in [0.15, 0.2) is 5.58 Å². The van der Waals surface area contributed by atoms with E-state index in [4.69, 9.17) is 28.2 Å². The van der Waals surface area contributed by atoms with E-state index in [1.165, 1.54) is 42.4 Å². The number of aromatic nitrogens is 5. The minimum Gasteiger partial charge on any atom is -0.456 e. The monoisotopic (exact) mass is 1170 g/mol. The predicted molar refractivity (Wildman–Crippen MR) is 363 cm³/mol. The highest BCUT2D eigenvalue weighted by atomic mass is 32.1. The minimum absolute atomic E-state index is 0.0944. The molecule has 89 heavy (non-hydrogen) atoms.